The van der Waals surface area contributed by atoms with E-state index < -0.39 is 16.0 Å². The van der Waals surface area contributed by atoms with Crippen molar-refractivity contribution in [2.45, 2.75) is 24.5 Å². The van der Waals surface area contributed by atoms with Crippen LogP contribution in [0.25, 0.3) is 11.1 Å². The molecule has 0 radical (unpaired) electrons. The highest BCUT2D eigenvalue weighted by atomic mass is 35.5. The summed E-state index contributed by atoms with van der Waals surface area (Å²) in [5.41, 5.74) is 3.41. The van der Waals surface area contributed by atoms with Gasteiger partial charge in [0.25, 0.3) is 0 Å². The van der Waals surface area contributed by atoms with E-state index in [1.165, 1.54) is 22.5 Å². The van der Waals surface area contributed by atoms with E-state index in [0.29, 0.717) is 24.1 Å². The second-order valence-corrected chi connectivity index (χ2v) is 9.97. The van der Waals surface area contributed by atoms with Crippen LogP contribution in [-0.2, 0) is 34.3 Å². The first-order valence-electron chi connectivity index (χ1n) is 10.3. The zero-order chi connectivity index (χ0) is 23.0. The van der Waals surface area contributed by atoms with Crippen LogP contribution in [0.2, 0.25) is 5.02 Å². The lowest BCUT2D eigenvalue weighted by Gasteiger charge is -2.28. The average Bonchev–Trinajstić information content (AvgIpc) is 3.25. The van der Waals surface area contributed by atoms with Crippen LogP contribution >= 0.6 is 11.6 Å². The fourth-order valence-electron chi connectivity index (χ4n) is 3.83. The van der Waals surface area contributed by atoms with Gasteiger partial charge in [0.15, 0.2) is 12.2 Å². The number of halogens is 1. The molecular weight excluding hydrogens is 464 g/mol. The number of esters is 1. The Balaban J connectivity index is 1.35. The van der Waals surface area contributed by atoms with Crippen molar-refractivity contribution >= 4 is 38.7 Å². The molecule has 2 heterocycles. The van der Waals surface area contributed by atoms with Crippen LogP contribution in [0, 0.1) is 0 Å². The minimum absolute atomic E-state index is 0.0457. The summed E-state index contributed by atoms with van der Waals surface area (Å²) in [5, 5.41) is 0.0457. The number of nitrogens with zero attached hydrogens (tertiary/aromatic N) is 2. The molecule has 0 unspecified atom stereocenters. The molecule has 1 aliphatic heterocycles. The van der Waals surface area contributed by atoms with E-state index in [1.54, 1.807) is 12.1 Å². The minimum atomic E-state index is -3.91. The summed E-state index contributed by atoms with van der Waals surface area (Å²) >= 11 is 6.24. The minimum Gasteiger partial charge on any atom is -0.452 e. The van der Waals surface area contributed by atoms with Crippen molar-refractivity contribution < 1.29 is 22.4 Å². The maximum atomic E-state index is 13.3. The van der Waals surface area contributed by atoms with Gasteiger partial charge >= 0.3 is 5.97 Å². The highest BCUT2D eigenvalue weighted by Crippen LogP contribution is 2.30. The van der Waals surface area contributed by atoms with E-state index in [0.717, 1.165) is 11.1 Å². The third-order valence-electron chi connectivity index (χ3n) is 5.55. The standard InChI is InChI=1S/C24H19ClN2O5S/c25-19-10-9-17(24(28)31-15-23-26-20-7-3-4-8-21(20)32-23)13-22(19)33(29,30)27-12-11-16-5-1-2-6-18(16)14-27/h1-10,13H,11-12,14-15H2. The maximum Gasteiger partial charge on any atom is 0.338 e. The highest BCUT2D eigenvalue weighted by molar-refractivity contribution is 7.89. The third-order valence-corrected chi connectivity index (χ3v) is 7.87. The smallest absolute Gasteiger partial charge is 0.338 e. The Labute approximate surface area is 195 Å². The molecule has 5 rings (SSSR count). The Hall–Kier alpha value is -3.20. The van der Waals surface area contributed by atoms with Gasteiger partial charge in [-0.1, -0.05) is 48.0 Å². The number of carbonyl (C=O) groups excluding carboxylic acids is 1. The second-order valence-electron chi connectivity index (χ2n) is 7.65. The number of aromatic nitrogens is 1. The van der Waals surface area contributed by atoms with Crippen molar-refractivity contribution in [1.82, 2.24) is 9.29 Å². The maximum absolute atomic E-state index is 13.3. The Bertz CT molecular complexity index is 1430. The van der Waals surface area contributed by atoms with Crippen LogP contribution in [0.1, 0.15) is 27.4 Å². The van der Waals surface area contributed by atoms with Crippen LogP contribution in [-0.4, -0.2) is 30.2 Å². The van der Waals surface area contributed by atoms with Crippen molar-refractivity contribution in [3.8, 4) is 0 Å². The topological polar surface area (TPSA) is 89.7 Å². The third kappa shape index (κ3) is 4.25. The number of benzene rings is 3. The number of para-hydroxylation sites is 2. The van der Waals surface area contributed by atoms with E-state index in [2.05, 4.69) is 4.98 Å². The molecule has 0 fully saturated rings. The Morgan fingerprint density at radius 3 is 2.64 bits per heavy atom. The number of hydrogen-bond acceptors (Lipinski definition) is 6. The fourth-order valence-corrected chi connectivity index (χ4v) is 5.75. The van der Waals surface area contributed by atoms with E-state index in [9.17, 15) is 13.2 Å². The van der Waals surface area contributed by atoms with Crippen LogP contribution in [0.3, 0.4) is 0 Å². The molecule has 0 saturated heterocycles. The van der Waals surface area contributed by atoms with Gasteiger partial charge in [-0.2, -0.15) is 4.31 Å². The van der Waals surface area contributed by atoms with Crippen LogP contribution in [0.15, 0.2) is 76.0 Å². The van der Waals surface area contributed by atoms with Gasteiger partial charge in [-0.05, 0) is 47.9 Å². The summed E-state index contributed by atoms with van der Waals surface area (Å²) in [6.45, 7) is 0.407. The van der Waals surface area contributed by atoms with E-state index >= 15 is 0 Å². The van der Waals surface area contributed by atoms with Crippen molar-refractivity contribution in [3.05, 3.63) is 94.3 Å². The van der Waals surface area contributed by atoms with E-state index in [-0.39, 0.29) is 34.5 Å². The van der Waals surface area contributed by atoms with Crippen molar-refractivity contribution in [2.24, 2.45) is 0 Å². The lowest BCUT2D eigenvalue weighted by Crippen LogP contribution is -2.36. The van der Waals surface area contributed by atoms with Crippen molar-refractivity contribution in [1.29, 1.82) is 0 Å². The molecule has 4 aromatic rings. The number of ether oxygens (including phenoxy) is 1. The molecule has 1 aliphatic rings. The normalized spacial score (nSPS) is 14.2. The number of oxazole rings is 1. The molecule has 0 bridgehead atoms. The summed E-state index contributed by atoms with van der Waals surface area (Å²) < 4.78 is 38.9. The van der Waals surface area contributed by atoms with Crippen LogP contribution in [0.5, 0.6) is 0 Å². The van der Waals surface area contributed by atoms with Gasteiger partial charge in [0.1, 0.15) is 10.4 Å². The quantitative estimate of drug-likeness (QED) is 0.387. The fraction of sp³-hybridized carbons (Fsp3) is 0.167. The van der Waals surface area contributed by atoms with Crippen LogP contribution in [0.4, 0.5) is 0 Å². The summed E-state index contributed by atoms with van der Waals surface area (Å²) in [5.74, 6) is -0.451. The molecule has 33 heavy (non-hydrogen) atoms. The van der Waals surface area contributed by atoms with Crippen molar-refractivity contribution in [2.75, 3.05) is 6.54 Å². The zero-order valence-electron chi connectivity index (χ0n) is 17.4. The second kappa shape index (κ2) is 8.62. The van der Waals surface area contributed by atoms with Gasteiger partial charge in [-0.25, -0.2) is 18.2 Å². The van der Waals surface area contributed by atoms with Gasteiger partial charge in [0.05, 0.1) is 10.6 Å². The molecule has 168 valence electrons. The summed E-state index contributed by atoms with van der Waals surface area (Å²) in [7, 11) is -3.91. The first-order valence-corrected chi connectivity index (χ1v) is 12.1. The van der Waals surface area contributed by atoms with E-state index in [4.69, 9.17) is 20.8 Å². The monoisotopic (exact) mass is 482 g/mol. The molecule has 9 heteroatoms. The molecular formula is C24H19ClN2O5S. The number of rotatable bonds is 5. The predicted molar refractivity (Wildman–Crippen MR) is 122 cm³/mol. The molecule has 0 atom stereocenters. The average molecular weight is 483 g/mol. The molecule has 0 saturated carbocycles. The van der Waals surface area contributed by atoms with Crippen LogP contribution < -0.4 is 0 Å². The lowest BCUT2D eigenvalue weighted by atomic mass is 10.0. The Kier molecular flexibility index (Phi) is 5.65. The van der Waals surface area contributed by atoms with Gasteiger partial charge in [-0.3, -0.25) is 0 Å². The van der Waals surface area contributed by atoms with Gasteiger partial charge in [0, 0.05) is 13.1 Å². The SMILES string of the molecule is O=C(OCc1nc2ccccc2o1)c1ccc(Cl)c(S(=O)(=O)N2CCc3ccccc3C2)c1. The summed E-state index contributed by atoms with van der Waals surface area (Å²) in [6.07, 6.45) is 0.610. The molecule has 3 aromatic carbocycles. The molecule has 7 nitrogen and oxygen atoms in total. The number of sulfonamides is 1. The first kappa shape index (κ1) is 21.6. The van der Waals surface area contributed by atoms with E-state index in [1.807, 2.05) is 36.4 Å². The summed E-state index contributed by atoms with van der Waals surface area (Å²) in [4.78, 5) is 16.8. The molecule has 0 spiro atoms. The van der Waals surface area contributed by atoms with Crippen molar-refractivity contribution in [3.63, 3.8) is 0 Å². The Morgan fingerprint density at radius 1 is 1.06 bits per heavy atom. The first-order chi connectivity index (χ1) is 15.9. The number of carbonyl (C=O) groups is 1. The lowest BCUT2D eigenvalue weighted by molar-refractivity contribution is 0.0440. The number of fused-ring (bicyclic) bond motifs is 2. The zero-order valence-corrected chi connectivity index (χ0v) is 19.0. The van der Waals surface area contributed by atoms with Gasteiger partial charge in [-0.15, -0.1) is 0 Å². The van der Waals surface area contributed by atoms with Gasteiger partial charge in [0.2, 0.25) is 15.9 Å². The van der Waals surface area contributed by atoms with Gasteiger partial charge < -0.3 is 9.15 Å². The highest BCUT2D eigenvalue weighted by Gasteiger charge is 2.30. The largest absolute Gasteiger partial charge is 0.452 e. The summed E-state index contributed by atoms with van der Waals surface area (Å²) in [6, 6.07) is 19.0. The molecule has 0 amide bonds. The Morgan fingerprint density at radius 2 is 1.82 bits per heavy atom. The number of hydrogen-bond donors (Lipinski definition) is 0. The molecule has 1 aromatic heterocycles. The molecule has 0 aliphatic carbocycles. The predicted octanol–water partition coefficient (Wildman–Crippen LogP) is 4.59. The molecule has 0 N–H and O–H groups in total.